The molecule has 1 saturated carbocycles. The average molecular weight is 218 g/mol. The van der Waals surface area contributed by atoms with Gasteiger partial charge in [-0.05, 0) is 49.7 Å². The van der Waals surface area contributed by atoms with Crippen molar-refractivity contribution < 1.29 is 5.11 Å². The van der Waals surface area contributed by atoms with E-state index in [0.29, 0.717) is 5.92 Å². The number of hydrogen-bond donors (Lipinski definition) is 1. The highest BCUT2D eigenvalue weighted by Gasteiger charge is 2.40. The van der Waals surface area contributed by atoms with E-state index in [1.165, 1.54) is 31.2 Å². The Labute approximate surface area is 98.5 Å². The molecule has 16 heavy (non-hydrogen) atoms. The molecule has 1 aromatic carbocycles. The first-order valence-corrected chi connectivity index (χ1v) is 6.46. The van der Waals surface area contributed by atoms with Gasteiger partial charge in [0.2, 0.25) is 0 Å². The van der Waals surface area contributed by atoms with E-state index in [0.717, 1.165) is 12.0 Å². The second-order valence-electron chi connectivity index (χ2n) is 5.22. The number of aliphatic hydroxyl groups is 1. The molecule has 0 spiro atoms. The Balaban J connectivity index is 2.06. The number of benzene rings is 1. The molecule has 0 bridgehead atoms. The summed E-state index contributed by atoms with van der Waals surface area (Å²) >= 11 is 0. The average Bonchev–Trinajstić information content (AvgIpc) is 3.11. The van der Waals surface area contributed by atoms with Crippen molar-refractivity contribution in [3.63, 3.8) is 0 Å². The smallest absolute Gasteiger partial charge is 0.0896 e. The quantitative estimate of drug-likeness (QED) is 0.800. The second kappa shape index (κ2) is 4.58. The first-order valence-electron chi connectivity index (χ1n) is 6.46. The predicted octanol–water partition coefficient (Wildman–Crippen LogP) is 3.65. The molecule has 0 aliphatic heterocycles. The minimum atomic E-state index is -0.608. The molecule has 0 heterocycles. The van der Waals surface area contributed by atoms with E-state index in [4.69, 9.17) is 0 Å². The van der Waals surface area contributed by atoms with Gasteiger partial charge in [0.1, 0.15) is 0 Å². The van der Waals surface area contributed by atoms with Crippen molar-refractivity contribution in [2.75, 3.05) is 0 Å². The maximum absolute atomic E-state index is 10.4. The van der Waals surface area contributed by atoms with Crippen molar-refractivity contribution in [3.8, 4) is 0 Å². The molecule has 1 N–H and O–H groups in total. The maximum atomic E-state index is 10.4. The molecular weight excluding hydrogens is 196 g/mol. The molecule has 1 heteroatoms. The minimum absolute atomic E-state index is 0.481. The largest absolute Gasteiger partial charge is 0.385 e. The van der Waals surface area contributed by atoms with Crippen molar-refractivity contribution in [2.45, 2.75) is 51.6 Å². The summed E-state index contributed by atoms with van der Waals surface area (Å²) in [7, 11) is 0. The van der Waals surface area contributed by atoms with Crippen LogP contribution in [0.2, 0.25) is 0 Å². The number of aryl methyl sites for hydroxylation is 1. The lowest BCUT2D eigenvalue weighted by Gasteiger charge is -2.23. The highest BCUT2D eigenvalue weighted by Crippen LogP contribution is 2.45. The number of hydrogen-bond acceptors (Lipinski definition) is 1. The SMILES string of the molecule is CCCCc1ccc([C@@](C)(O)C2CC2)cc1. The standard InChI is InChI=1S/C15H22O/c1-3-4-5-12-6-8-13(9-7-12)15(2,16)14-10-11-14/h6-9,14,16H,3-5,10-11H2,1-2H3/t15-/m1/s1. The zero-order chi connectivity index (χ0) is 11.6. The van der Waals surface area contributed by atoms with Gasteiger partial charge in [0.15, 0.2) is 0 Å². The lowest BCUT2D eigenvalue weighted by molar-refractivity contribution is 0.0331. The van der Waals surface area contributed by atoms with Gasteiger partial charge in [-0.3, -0.25) is 0 Å². The van der Waals surface area contributed by atoms with E-state index >= 15 is 0 Å². The van der Waals surface area contributed by atoms with Gasteiger partial charge >= 0.3 is 0 Å². The summed E-state index contributed by atoms with van der Waals surface area (Å²) in [5.41, 5.74) is 1.86. The zero-order valence-corrected chi connectivity index (χ0v) is 10.4. The summed E-state index contributed by atoms with van der Waals surface area (Å²) in [6, 6.07) is 8.54. The van der Waals surface area contributed by atoms with Crippen LogP contribution in [0.3, 0.4) is 0 Å². The predicted molar refractivity (Wildman–Crippen MR) is 67.3 cm³/mol. The van der Waals surface area contributed by atoms with Crippen LogP contribution in [0.5, 0.6) is 0 Å². The normalized spacial score (nSPS) is 19.4. The molecule has 1 nitrogen and oxygen atoms in total. The van der Waals surface area contributed by atoms with E-state index in [-0.39, 0.29) is 0 Å². The van der Waals surface area contributed by atoms with Crippen LogP contribution in [0.15, 0.2) is 24.3 Å². The molecule has 88 valence electrons. The van der Waals surface area contributed by atoms with Crippen molar-refractivity contribution in [2.24, 2.45) is 5.92 Å². The molecule has 1 fully saturated rings. The highest BCUT2D eigenvalue weighted by molar-refractivity contribution is 5.28. The molecule has 1 atom stereocenters. The fourth-order valence-electron chi connectivity index (χ4n) is 2.27. The first-order chi connectivity index (χ1) is 7.64. The molecule has 2 rings (SSSR count). The molecule has 1 aliphatic carbocycles. The fraction of sp³-hybridized carbons (Fsp3) is 0.600. The van der Waals surface area contributed by atoms with Crippen LogP contribution in [0.25, 0.3) is 0 Å². The fourth-order valence-corrected chi connectivity index (χ4v) is 2.27. The minimum Gasteiger partial charge on any atom is -0.385 e. The Hall–Kier alpha value is -0.820. The molecule has 1 aliphatic rings. The van der Waals surface area contributed by atoms with Gasteiger partial charge in [-0.25, -0.2) is 0 Å². The van der Waals surface area contributed by atoms with Crippen molar-refractivity contribution >= 4 is 0 Å². The molecule has 0 unspecified atom stereocenters. The van der Waals surface area contributed by atoms with Crippen LogP contribution < -0.4 is 0 Å². The molecule has 0 radical (unpaired) electrons. The van der Waals surface area contributed by atoms with Crippen LogP contribution in [-0.2, 0) is 12.0 Å². The Morgan fingerprint density at radius 3 is 2.38 bits per heavy atom. The topological polar surface area (TPSA) is 20.2 Å². The van der Waals surface area contributed by atoms with Gasteiger partial charge < -0.3 is 5.11 Å². The Morgan fingerprint density at radius 1 is 1.25 bits per heavy atom. The van der Waals surface area contributed by atoms with Gasteiger partial charge in [-0.2, -0.15) is 0 Å². The molecule has 1 aromatic rings. The summed E-state index contributed by atoms with van der Waals surface area (Å²) in [5.74, 6) is 0.481. The van der Waals surface area contributed by atoms with E-state index in [2.05, 4.69) is 31.2 Å². The van der Waals surface area contributed by atoms with E-state index in [1.54, 1.807) is 0 Å². The van der Waals surface area contributed by atoms with Gasteiger partial charge in [0.05, 0.1) is 5.60 Å². The van der Waals surface area contributed by atoms with E-state index in [9.17, 15) is 5.11 Å². The zero-order valence-electron chi connectivity index (χ0n) is 10.4. The van der Waals surface area contributed by atoms with Gasteiger partial charge in [-0.1, -0.05) is 37.6 Å². The van der Waals surface area contributed by atoms with Crippen LogP contribution in [-0.4, -0.2) is 5.11 Å². The van der Waals surface area contributed by atoms with Crippen LogP contribution in [0.1, 0.15) is 50.7 Å². The molecule has 0 saturated heterocycles. The number of unbranched alkanes of at least 4 members (excludes halogenated alkanes) is 1. The van der Waals surface area contributed by atoms with Crippen molar-refractivity contribution in [3.05, 3.63) is 35.4 Å². The van der Waals surface area contributed by atoms with Gasteiger partial charge in [0.25, 0.3) is 0 Å². The second-order valence-corrected chi connectivity index (χ2v) is 5.22. The Bertz CT molecular complexity index is 333. The highest BCUT2D eigenvalue weighted by atomic mass is 16.3. The monoisotopic (exact) mass is 218 g/mol. The van der Waals surface area contributed by atoms with Gasteiger partial charge in [0, 0.05) is 0 Å². The summed E-state index contributed by atoms with van der Waals surface area (Å²) in [6.45, 7) is 4.16. The van der Waals surface area contributed by atoms with E-state index < -0.39 is 5.60 Å². The third kappa shape index (κ3) is 2.46. The maximum Gasteiger partial charge on any atom is 0.0896 e. The van der Waals surface area contributed by atoms with E-state index in [1.807, 2.05) is 6.92 Å². The van der Waals surface area contributed by atoms with Gasteiger partial charge in [-0.15, -0.1) is 0 Å². The first kappa shape index (κ1) is 11.7. The molecule has 0 amide bonds. The van der Waals surface area contributed by atoms with Crippen LogP contribution >= 0.6 is 0 Å². The van der Waals surface area contributed by atoms with Crippen molar-refractivity contribution in [1.29, 1.82) is 0 Å². The third-order valence-corrected chi connectivity index (χ3v) is 3.73. The van der Waals surface area contributed by atoms with Crippen LogP contribution in [0.4, 0.5) is 0 Å². The Kier molecular flexibility index (Phi) is 3.34. The third-order valence-electron chi connectivity index (χ3n) is 3.73. The lowest BCUT2D eigenvalue weighted by Crippen LogP contribution is -2.23. The molecule has 0 aromatic heterocycles. The number of rotatable bonds is 5. The summed E-state index contributed by atoms with van der Waals surface area (Å²) in [6.07, 6.45) is 5.98. The van der Waals surface area contributed by atoms with Crippen LogP contribution in [0, 0.1) is 5.92 Å². The molecular formula is C15H22O. The summed E-state index contributed by atoms with van der Waals surface area (Å²) in [4.78, 5) is 0. The lowest BCUT2D eigenvalue weighted by atomic mass is 9.90. The summed E-state index contributed by atoms with van der Waals surface area (Å²) < 4.78 is 0. The van der Waals surface area contributed by atoms with Crippen molar-refractivity contribution in [1.82, 2.24) is 0 Å². The Morgan fingerprint density at radius 2 is 1.88 bits per heavy atom. The summed E-state index contributed by atoms with van der Waals surface area (Å²) in [5, 5.41) is 10.4.